The van der Waals surface area contributed by atoms with E-state index in [0.29, 0.717) is 42.0 Å². The maximum atomic E-state index is 12.1. The number of nitrogens with zero attached hydrogens (tertiary/aromatic N) is 2. The molecular weight excluding hydrogens is 334 g/mol. The lowest BCUT2D eigenvalue weighted by Gasteiger charge is -2.26. The maximum Gasteiger partial charge on any atom is 0.301 e. The number of benzene rings is 1. The molecule has 0 spiro atoms. The van der Waals surface area contributed by atoms with Gasteiger partial charge in [0.15, 0.2) is 0 Å². The van der Waals surface area contributed by atoms with E-state index in [2.05, 4.69) is 20.7 Å². The Kier molecular flexibility index (Phi) is 4.42. The highest BCUT2D eigenvalue weighted by Gasteiger charge is 2.24. The molecule has 1 aliphatic rings. The molecule has 0 unspecified atom stereocenters. The number of nitrogens with one attached hydrogen (secondary N) is 1. The molecular formula is C11H12BrN3O3S. The van der Waals surface area contributed by atoms with Gasteiger partial charge in [-0.05, 0) is 34.1 Å². The molecule has 0 atom stereocenters. The summed E-state index contributed by atoms with van der Waals surface area (Å²) in [4.78, 5) is 0. The molecule has 19 heavy (non-hydrogen) atoms. The van der Waals surface area contributed by atoms with Crippen LogP contribution in [0.5, 0.6) is 0 Å². The summed E-state index contributed by atoms with van der Waals surface area (Å²) in [5.74, 6) is 0. The number of morpholine rings is 1. The maximum absolute atomic E-state index is 12.1. The van der Waals surface area contributed by atoms with Crippen LogP contribution in [0.15, 0.2) is 22.7 Å². The molecule has 102 valence electrons. The van der Waals surface area contributed by atoms with Crippen molar-refractivity contribution in [2.45, 2.75) is 0 Å². The fraction of sp³-hybridized carbons (Fsp3) is 0.364. The Bertz CT molecular complexity index is 606. The van der Waals surface area contributed by atoms with Gasteiger partial charge in [0, 0.05) is 17.6 Å². The van der Waals surface area contributed by atoms with Crippen LogP contribution in [-0.2, 0) is 14.9 Å². The average Bonchev–Trinajstić information content (AvgIpc) is 2.42. The SMILES string of the molecule is N#Cc1ccc(NS(=O)(=O)N2CCOCC2)c(Br)c1. The summed E-state index contributed by atoms with van der Waals surface area (Å²) in [5, 5.41) is 8.76. The number of hydrogen-bond donors (Lipinski definition) is 1. The highest BCUT2D eigenvalue weighted by molar-refractivity contribution is 9.10. The first-order valence-electron chi connectivity index (χ1n) is 5.58. The lowest BCUT2D eigenvalue weighted by atomic mass is 10.2. The zero-order chi connectivity index (χ0) is 13.9. The van der Waals surface area contributed by atoms with Gasteiger partial charge < -0.3 is 4.74 Å². The minimum absolute atomic E-state index is 0.337. The number of halogens is 1. The van der Waals surface area contributed by atoms with Crippen LogP contribution < -0.4 is 4.72 Å². The monoisotopic (exact) mass is 345 g/mol. The van der Waals surface area contributed by atoms with E-state index in [1.165, 1.54) is 4.31 Å². The summed E-state index contributed by atoms with van der Waals surface area (Å²) in [7, 11) is -3.59. The van der Waals surface area contributed by atoms with Crippen molar-refractivity contribution < 1.29 is 13.2 Å². The van der Waals surface area contributed by atoms with Gasteiger partial charge in [0.05, 0.1) is 30.5 Å². The zero-order valence-electron chi connectivity index (χ0n) is 9.97. The largest absolute Gasteiger partial charge is 0.379 e. The standard InChI is InChI=1S/C11H12BrN3O3S/c12-10-7-9(8-13)1-2-11(10)14-19(16,17)15-3-5-18-6-4-15/h1-2,7,14H,3-6H2. The fourth-order valence-electron chi connectivity index (χ4n) is 1.66. The van der Waals surface area contributed by atoms with E-state index in [1.54, 1.807) is 18.2 Å². The molecule has 1 aliphatic heterocycles. The molecule has 2 rings (SSSR count). The van der Waals surface area contributed by atoms with Gasteiger partial charge in [-0.25, -0.2) is 0 Å². The Labute approximate surface area is 120 Å². The predicted molar refractivity (Wildman–Crippen MR) is 73.8 cm³/mol. The van der Waals surface area contributed by atoms with Crippen LogP contribution in [0.1, 0.15) is 5.56 Å². The third-order valence-electron chi connectivity index (χ3n) is 2.65. The van der Waals surface area contributed by atoms with Gasteiger partial charge in [0.2, 0.25) is 0 Å². The summed E-state index contributed by atoms with van der Waals surface area (Å²) >= 11 is 3.24. The van der Waals surface area contributed by atoms with Crippen LogP contribution in [0.2, 0.25) is 0 Å². The van der Waals surface area contributed by atoms with Crippen molar-refractivity contribution in [2.24, 2.45) is 0 Å². The van der Waals surface area contributed by atoms with E-state index in [0.717, 1.165) is 0 Å². The summed E-state index contributed by atoms with van der Waals surface area (Å²) in [6, 6.07) is 6.67. The lowest BCUT2D eigenvalue weighted by molar-refractivity contribution is 0.0733. The van der Waals surface area contributed by atoms with Crippen LogP contribution in [0, 0.1) is 11.3 Å². The molecule has 1 aromatic rings. The van der Waals surface area contributed by atoms with Crippen LogP contribution in [-0.4, -0.2) is 39.0 Å². The molecule has 0 aromatic heterocycles. The lowest BCUT2D eigenvalue weighted by Crippen LogP contribution is -2.43. The van der Waals surface area contributed by atoms with E-state index in [9.17, 15) is 8.42 Å². The Morgan fingerprint density at radius 3 is 2.63 bits per heavy atom. The minimum atomic E-state index is -3.59. The summed E-state index contributed by atoms with van der Waals surface area (Å²) in [6.07, 6.45) is 0. The van der Waals surface area contributed by atoms with Crippen LogP contribution >= 0.6 is 15.9 Å². The molecule has 0 bridgehead atoms. The molecule has 0 amide bonds. The second kappa shape index (κ2) is 5.88. The fourth-order valence-corrected chi connectivity index (χ4v) is 3.48. The van der Waals surface area contributed by atoms with E-state index in [4.69, 9.17) is 10.00 Å². The average molecular weight is 346 g/mol. The van der Waals surface area contributed by atoms with Crippen LogP contribution in [0.25, 0.3) is 0 Å². The van der Waals surface area contributed by atoms with E-state index < -0.39 is 10.2 Å². The van der Waals surface area contributed by atoms with E-state index in [-0.39, 0.29) is 0 Å². The van der Waals surface area contributed by atoms with Crippen molar-refractivity contribution in [1.29, 1.82) is 5.26 Å². The second-order valence-corrected chi connectivity index (χ2v) is 6.45. The number of rotatable bonds is 3. The quantitative estimate of drug-likeness (QED) is 0.895. The van der Waals surface area contributed by atoms with E-state index >= 15 is 0 Å². The van der Waals surface area contributed by atoms with Gasteiger partial charge in [-0.2, -0.15) is 18.0 Å². The summed E-state index contributed by atoms with van der Waals surface area (Å²) in [6.45, 7) is 1.47. The molecule has 1 fully saturated rings. The number of ether oxygens (including phenoxy) is 1. The third-order valence-corrected chi connectivity index (χ3v) is 4.83. The normalized spacial score (nSPS) is 16.8. The molecule has 0 saturated carbocycles. The Morgan fingerprint density at radius 2 is 2.05 bits per heavy atom. The molecule has 1 N–H and O–H groups in total. The van der Waals surface area contributed by atoms with Crippen molar-refractivity contribution >= 4 is 31.8 Å². The zero-order valence-corrected chi connectivity index (χ0v) is 12.4. The Balaban J connectivity index is 2.18. The summed E-state index contributed by atoms with van der Waals surface area (Å²) in [5.41, 5.74) is 0.867. The third kappa shape index (κ3) is 3.45. The van der Waals surface area contributed by atoms with Crippen molar-refractivity contribution in [3.05, 3.63) is 28.2 Å². The molecule has 0 radical (unpaired) electrons. The Hall–Kier alpha value is -1.14. The predicted octanol–water partition coefficient (Wildman–Crippen LogP) is 1.31. The van der Waals surface area contributed by atoms with Crippen molar-refractivity contribution in [2.75, 3.05) is 31.0 Å². The summed E-state index contributed by atoms with van der Waals surface area (Å²) < 4.78 is 33.7. The molecule has 1 aromatic carbocycles. The van der Waals surface area contributed by atoms with Crippen LogP contribution in [0.3, 0.4) is 0 Å². The van der Waals surface area contributed by atoms with Crippen molar-refractivity contribution in [3.8, 4) is 6.07 Å². The first-order chi connectivity index (χ1) is 9.03. The Morgan fingerprint density at radius 1 is 1.37 bits per heavy atom. The highest BCUT2D eigenvalue weighted by Crippen LogP contribution is 2.25. The first-order valence-corrected chi connectivity index (χ1v) is 7.81. The minimum Gasteiger partial charge on any atom is -0.379 e. The molecule has 8 heteroatoms. The van der Waals surface area contributed by atoms with Gasteiger partial charge in [-0.1, -0.05) is 0 Å². The second-order valence-electron chi connectivity index (χ2n) is 3.92. The van der Waals surface area contributed by atoms with Gasteiger partial charge in [-0.15, -0.1) is 0 Å². The first kappa shape index (κ1) is 14.3. The van der Waals surface area contributed by atoms with Gasteiger partial charge in [0.1, 0.15) is 0 Å². The number of anilines is 1. The number of nitriles is 1. The van der Waals surface area contributed by atoms with Crippen molar-refractivity contribution in [1.82, 2.24) is 4.31 Å². The molecule has 1 saturated heterocycles. The van der Waals surface area contributed by atoms with E-state index in [1.807, 2.05) is 6.07 Å². The van der Waals surface area contributed by atoms with Crippen molar-refractivity contribution in [3.63, 3.8) is 0 Å². The van der Waals surface area contributed by atoms with Crippen LogP contribution in [0.4, 0.5) is 5.69 Å². The molecule has 6 nitrogen and oxygen atoms in total. The van der Waals surface area contributed by atoms with Gasteiger partial charge in [-0.3, -0.25) is 4.72 Å². The van der Waals surface area contributed by atoms with Gasteiger partial charge in [0.25, 0.3) is 0 Å². The molecule has 0 aliphatic carbocycles. The topological polar surface area (TPSA) is 82.4 Å². The van der Waals surface area contributed by atoms with Gasteiger partial charge >= 0.3 is 10.2 Å². The number of hydrogen-bond acceptors (Lipinski definition) is 4. The molecule has 1 heterocycles. The highest BCUT2D eigenvalue weighted by atomic mass is 79.9. The smallest absolute Gasteiger partial charge is 0.301 e.